The number of rotatable bonds is 6. The Labute approximate surface area is 175 Å². The van der Waals surface area contributed by atoms with Crippen LogP contribution in [0.2, 0.25) is 0 Å². The summed E-state index contributed by atoms with van der Waals surface area (Å²) in [4.78, 5) is 5.08. The van der Waals surface area contributed by atoms with Crippen LogP contribution in [0.1, 0.15) is 43.2 Å². The molecule has 1 aliphatic rings. The normalized spacial score (nSPS) is 16.0. The number of piperidine rings is 1. The number of imidazole rings is 1. The molecule has 1 saturated heterocycles. The lowest BCUT2D eigenvalue weighted by atomic mass is 10.2. The zero-order valence-electron chi connectivity index (χ0n) is 17.0. The van der Waals surface area contributed by atoms with Gasteiger partial charge in [-0.15, -0.1) is 0 Å². The van der Waals surface area contributed by atoms with Gasteiger partial charge in [-0.2, -0.15) is 4.31 Å². The molecule has 29 heavy (non-hydrogen) atoms. The van der Waals surface area contributed by atoms with Crippen molar-refractivity contribution in [3.8, 4) is 0 Å². The summed E-state index contributed by atoms with van der Waals surface area (Å²) in [6.07, 6.45) is 2.94. The number of nitrogens with zero attached hydrogens (tertiary/aromatic N) is 4. The van der Waals surface area contributed by atoms with Crippen LogP contribution in [0.5, 0.6) is 0 Å². The molecule has 156 valence electrons. The van der Waals surface area contributed by atoms with Crippen LogP contribution in [0.4, 0.5) is 0 Å². The van der Waals surface area contributed by atoms with E-state index < -0.39 is 10.0 Å². The molecule has 1 aromatic carbocycles. The fourth-order valence-corrected chi connectivity index (χ4v) is 6.53. The van der Waals surface area contributed by atoms with Crippen LogP contribution in [-0.4, -0.2) is 40.5 Å². The fourth-order valence-electron chi connectivity index (χ4n) is 3.76. The number of fused-ring (bicyclic) bond motifs is 1. The van der Waals surface area contributed by atoms with Gasteiger partial charge in [0.1, 0.15) is 5.76 Å². The molecule has 4 rings (SSSR count). The van der Waals surface area contributed by atoms with Crippen LogP contribution in [0, 0.1) is 13.8 Å². The first kappa shape index (κ1) is 20.4. The molecule has 1 aliphatic heterocycles. The van der Waals surface area contributed by atoms with Crippen molar-refractivity contribution in [1.29, 1.82) is 0 Å². The third-order valence-electron chi connectivity index (χ3n) is 5.48. The lowest BCUT2D eigenvalue weighted by molar-refractivity contribution is 0.346. The van der Waals surface area contributed by atoms with Crippen molar-refractivity contribution in [2.75, 3.05) is 13.1 Å². The summed E-state index contributed by atoms with van der Waals surface area (Å²) in [5.41, 5.74) is 3.64. The topological polar surface area (TPSA) is 81.2 Å². The second-order valence-corrected chi connectivity index (χ2v) is 10.2. The van der Waals surface area contributed by atoms with Crippen molar-refractivity contribution in [2.24, 2.45) is 0 Å². The minimum Gasteiger partial charge on any atom is -0.361 e. The van der Waals surface area contributed by atoms with E-state index in [9.17, 15) is 8.42 Å². The van der Waals surface area contributed by atoms with Crippen molar-refractivity contribution in [2.45, 2.75) is 62.4 Å². The van der Waals surface area contributed by atoms with Crippen LogP contribution in [0.25, 0.3) is 11.0 Å². The van der Waals surface area contributed by atoms with E-state index in [0.29, 0.717) is 29.3 Å². The fraction of sp³-hybridized carbons (Fsp3) is 0.500. The summed E-state index contributed by atoms with van der Waals surface area (Å²) < 4.78 is 35.0. The third-order valence-corrected chi connectivity index (χ3v) is 8.38. The van der Waals surface area contributed by atoms with Crippen molar-refractivity contribution in [3.63, 3.8) is 0 Å². The SMILES string of the molecule is CCn1c(SCc2c(C)noc2C)nc2cc(S(=O)(=O)N3CCCCC3)ccc21. The first-order valence-electron chi connectivity index (χ1n) is 9.96. The predicted molar refractivity (Wildman–Crippen MR) is 114 cm³/mol. The maximum Gasteiger partial charge on any atom is 0.243 e. The summed E-state index contributed by atoms with van der Waals surface area (Å²) in [5.74, 6) is 1.53. The molecule has 0 N–H and O–H groups in total. The van der Waals surface area contributed by atoms with Crippen molar-refractivity contribution < 1.29 is 12.9 Å². The number of hydrogen-bond acceptors (Lipinski definition) is 6. The quantitative estimate of drug-likeness (QED) is 0.543. The molecule has 0 amide bonds. The third kappa shape index (κ3) is 3.83. The standard InChI is InChI=1S/C20H26N4O3S2/c1-4-24-19-9-8-16(29(25,26)23-10-6-5-7-11-23)12-18(19)21-20(24)28-13-17-14(2)22-27-15(17)3/h8-9,12H,4-7,10-11,13H2,1-3H3. The summed E-state index contributed by atoms with van der Waals surface area (Å²) in [7, 11) is -3.47. The van der Waals surface area contributed by atoms with Gasteiger partial charge < -0.3 is 9.09 Å². The van der Waals surface area contributed by atoms with E-state index in [1.807, 2.05) is 19.9 Å². The van der Waals surface area contributed by atoms with E-state index in [4.69, 9.17) is 9.51 Å². The monoisotopic (exact) mass is 434 g/mol. The number of benzene rings is 1. The van der Waals surface area contributed by atoms with Crippen molar-refractivity contribution in [3.05, 3.63) is 35.2 Å². The summed E-state index contributed by atoms with van der Waals surface area (Å²) in [6, 6.07) is 5.30. The minimum absolute atomic E-state index is 0.329. The van der Waals surface area contributed by atoms with E-state index >= 15 is 0 Å². The molecular weight excluding hydrogens is 408 g/mol. The molecule has 2 aromatic heterocycles. The van der Waals surface area contributed by atoms with Gasteiger partial charge in [0.15, 0.2) is 5.16 Å². The lowest BCUT2D eigenvalue weighted by Crippen LogP contribution is -2.35. The number of aryl methyl sites for hydroxylation is 3. The average molecular weight is 435 g/mol. The van der Waals surface area contributed by atoms with Gasteiger partial charge in [-0.05, 0) is 51.8 Å². The number of thioether (sulfide) groups is 1. The van der Waals surface area contributed by atoms with Gasteiger partial charge in [-0.25, -0.2) is 13.4 Å². The smallest absolute Gasteiger partial charge is 0.243 e. The van der Waals surface area contributed by atoms with E-state index in [2.05, 4.69) is 16.6 Å². The highest BCUT2D eigenvalue weighted by Crippen LogP contribution is 2.31. The Balaban J connectivity index is 1.65. The van der Waals surface area contributed by atoms with Gasteiger partial charge in [0.25, 0.3) is 0 Å². The van der Waals surface area contributed by atoms with Gasteiger partial charge in [0, 0.05) is 31.0 Å². The molecule has 0 bridgehead atoms. The molecule has 0 spiro atoms. The van der Waals surface area contributed by atoms with Crippen LogP contribution in [0.15, 0.2) is 32.8 Å². The largest absolute Gasteiger partial charge is 0.361 e. The van der Waals surface area contributed by atoms with E-state index in [1.54, 1.807) is 28.2 Å². The Morgan fingerprint density at radius 2 is 1.93 bits per heavy atom. The number of hydrogen-bond donors (Lipinski definition) is 0. The first-order valence-corrected chi connectivity index (χ1v) is 12.4. The Morgan fingerprint density at radius 3 is 2.59 bits per heavy atom. The van der Waals surface area contributed by atoms with Crippen molar-refractivity contribution in [1.82, 2.24) is 19.0 Å². The second-order valence-electron chi connectivity index (χ2n) is 7.35. The Bertz CT molecular complexity index is 1110. The van der Waals surface area contributed by atoms with Gasteiger partial charge in [0.2, 0.25) is 10.0 Å². The van der Waals surface area contributed by atoms with Crippen LogP contribution in [-0.2, 0) is 22.3 Å². The molecule has 3 heterocycles. The molecule has 7 nitrogen and oxygen atoms in total. The molecule has 0 aliphatic carbocycles. The summed E-state index contributed by atoms with van der Waals surface area (Å²) in [6.45, 7) is 7.88. The average Bonchev–Trinajstić information content (AvgIpc) is 3.25. The Hall–Kier alpha value is -1.84. The number of aromatic nitrogens is 3. The van der Waals surface area contributed by atoms with Gasteiger partial charge in [-0.3, -0.25) is 0 Å². The molecule has 1 fully saturated rings. The van der Waals surface area contributed by atoms with E-state index in [1.165, 1.54) is 0 Å². The van der Waals surface area contributed by atoms with Gasteiger partial charge in [-0.1, -0.05) is 23.3 Å². The summed E-state index contributed by atoms with van der Waals surface area (Å²) in [5, 5.41) is 4.88. The molecule has 0 unspecified atom stereocenters. The Morgan fingerprint density at radius 1 is 1.17 bits per heavy atom. The molecule has 0 saturated carbocycles. The van der Waals surface area contributed by atoms with E-state index in [0.717, 1.165) is 53.5 Å². The predicted octanol–water partition coefficient (Wildman–Crippen LogP) is 4.13. The van der Waals surface area contributed by atoms with Crippen molar-refractivity contribution >= 4 is 32.8 Å². The van der Waals surface area contributed by atoms with Crippen LogP contribution >= 0.6 is 11.8 Å². The Kier molecular flexibility index (Phi) is 5.72. The highest BCUT2D eigenvalue weighted by atomic mass is 32.2. The zero-order valence-corrected chi connectivity index (χ0v) is 18.6. The first-order chi connectivity index (χ1) is 13.9. The number of sulfonamides is 1. The minimum atomic E-state index is -3.47. The second kappa shape index (κ2) is 8.12. The van der Waals surface area contributed by atoms with Gasteiger partial charge in [0.05, 0.1) is 21.6 Å². The maximum absolute atomic E-state index is 13.0. The lowest BCUT2D eigenvalue weighted by Gasteiger charge is -2.25. The molecule has 0 radical (unpaired) electrons. The van der Waals surface area contributed by atoms with Gasteiger partial charge >= 0.3 is 0 Å². The van der Waals surface area contributed by atoms with E-state index in [-0.39, 0.29) is 0 Å². The molecular formula is C20H26N4O3S2. The molecule has 9 heteroatoms. The maximum atomic E-state index is 13.0. The molecule has 0 atom stereocenters. The molecule has 3 aromatic rings. The summed E-state index contributed by atoms with van der Waals surface area (Å²) >= 11 is 1.62. The van der Waals surface area contributed by atoms with Crippen LogP contribution in [0.3, 0.4) is 0 Å². The highest BCUT2D eigenvalue weighted by Gasteiger charge is 2.26. The highest BCUT2D eigenvalue weighted by molar-refractivity contribution is 7.98. The zero-order chi connectivity index (χ0) is 20.6. The van der Waals surface area contributed by atoms with Crippen LogP contribution < -0.4 is 0 Å².